The Bertz CT molecular complexity index is 320. The number of nitrogens with zero attached hydrogens (tertiary/aromatic N) is 2. The van der Waals surface area contributed by atoms with Gasteiger partial charge in [-0.3, -0.25) is 0 Å². The van der Waals surface area contributed by atoms with Crippen LogP contribution in [0.5, 0.6) is 0 Å². The molecule has 0 bridgehead atoms. The van der Waals surface area contributed by atoms with Gasteiger partial charge in [-0.2, -0.15) is 0 Å². The fourth-order valence-corrected chi connectivity index (χ4v) is 3.14. The Hall–Kier alpha value is -0.200. The third kappa shape index (κ3) is 2.89. The molecule has 0 aliphatic heterocycles. The highest BCUT2D eigenvalue weighted by Gasteiger charge is 2.26. The molecular formula is C9H14BrN3OS. The number of hydrogen-bond donors (Lipinski definition) is 2. The normalized spacial score (nSPS) is 25.7. The molecule has 1 aromatic rings. The SMILES string of the molecule is OCC1CCCC1CNc1nnc(Br)s1. The van der Waals surface area contributed by atoms with E-state index in [4.69, 9.17) is 0 Å². The molecule has 1 heterocycles. The van der Waals surface area contributed by atoms with Crippen molar-refractivity contribution in [2.24, 2.45) is 11.8 Å². The summed E-state index contributed by atoms with van der Waals surface area (Å²) in [7, 11) is 0. The van der Waals surface area contributed by atoms with Crippen molar-refractivity contribution in [1.29, 1.82) is 0 Å². The molecule has 1 fully saturated rings. The van der Waals surface area contributed by atoms with Crippen molar-refractivity contribution < 1.29 is 5.11 Å². The molecule has 0 aromatic carbocycles. The molecule has 1 aliphatic rings. The fourth-order valence-electron chi connectivity index (χ4n) is 2.12. The van der Waals surface area contributed by atoms with Gasteiger partial charge in [0.1, 0.15) is 0 Å². The third-order valence-electron chi connectivity index (χ3n) is 2.97. The van der Waals surface area contributed by atoms with Gasteiger partial charge in [0.15, 0.2) is 3.92 Å². The molecule has 1 aromatic heterocycles. The van der Waals surface area contributed by atoms with E-state index in [1.54, 1.807) is 0 Å². The molecule has 2 N–H and O–H groups in total. The molecule has 1 aliphatic carbocycles. The van der Waals surface area contributed by atoms with Crippen LogP contribution in [-0.2, 0) is 0 Å². The van der Waals surface area contributed by atoms with E-state index in [0.717, 1.165) is 22.0 Å². The van der Waals surface area contributed by atoms with Crippen molar-refractivity contribution in [3.63, 3.8) is 0 Å². The Morgan fingerprint density at radius 3 is 2.87 bits per heavy atom. The predicted molar refractivity (Wildman–Crippen MR) is 64.0 cm³/mol. The minimum Gasteiger partial charge on any atom is -0.396 e. The van der Waals surface area contributed by atoms with Gasteiger partial charge in [0.05, 0.1) is 0 Å². The average Bonchev–Trinajstić information content (AvgIpc) is 2.83. The molecule has 0 radical (unpaired) electrons. The average molecular weight is 292 g/mol. The highest BCUT2D eigenvalue weighted by atomic mass is 79.9. The fraction of sp³-hybridized carbons (Fsp3) is 0.778. The number of aliphatic hydroxyl groups excluding tert-OH is 1. The predicted octanol–water partition coefficient (Wildman–Crippen LogP) is 2.12. The maximum absolute atomic E-state index is 9.18. The van der Waals surface area contributed by atoms with Gasteiger partial charge in [-0.1, -0.05) is 17.8 Å². The molecule has 84 valence electrons. The lowest BCUT2D eigenvalue weighted by molar-refractivity contribution is 0.199. The Morgan fingerprint density at radius 1 is 1.40 bits per heavy atom. The van der Waals surface area contributed by atoms with E-state index in [1.165, 1.54) is 24.2 Å². The van der Waals surface area contributed by atoms with Crippen LogP contribution in [0.15, 0.2) is 3.92 Å². The van der Waals surface area contributed by atoms with Crippen LogP contribution in [-0.4, -0.2) is 28.5 Å². The summed E-state index contributed by atoms with van der Waals surface area (Å²) >= 11 is 4.78. The van der Waals surface area contributed by atoms with E-state index in [1.807, 2.05) is 0 Å². The minimum atomic E-state index is 0.312. The number of aromatic nitrogens is 2. The minimum absolute atomic E-state index is 0.312. The highest BCUT2D eigenvalue weighted by molar-refractivity contribution is 9.11. The summed E-state index contributed by atoms with van der Waals surface area (Å²) in [5.74, 6) is 1.05. The van der Waals surface area contributed by atoms with E-state index < -0.39 is 0 Å². The first-order valence-corrected chi connectivity index (χ1v) is 6.74. The van der Waals surface area contributed by atoms with Crippen molar-refractivity contribution in [2.75, 3.05) is 18.5 Å². The number of anilines is 1. The van der Waals surface area contributed by atoms with Crippen molar-refractivity contribution in [3.05, 3.63) is 3.92 Å². The number of halogens is 1. The topological polar surface area (TPSA) is 58.0 Å². The van der Waals surface area contributed by atoms with Gasteiger partial charge in [0.2, 0.25) is 5.13 Å². The third-order valence-corrected chi connectivity index (χ3v) is 4.28. The van der Waals surface area contributed by atoms with Crippen molar-refractivity contribution in [2.45, 2.75) is 19.3 Å². The van der Waals surface area contributed by atoms with Gasteiger partial charge >= 0.3 is 0 Å². The van der Waals surface area contributed by atoms with Crippen LogP contribution in [0.3, 0.4) is 0 Å². The molecule has 2 atom stereocenters. The van der Waals surface area contributed by atoms with E-state index in [9.17, 15) is 5.11 Å². The molecule has 15 heavy (non-hydrogen) atoms. The molecule has 1 saturated carbocycles. The second-order valence-electron chi connectivity index (χ2n) is 3.87. The summed E-state index contributed by atoms with van der Waals surface area (Å²) in [6.07, 6.45) is 3.60. The monoisotopic (exact) mass is 291 g/mol. The molecule has 0 spiro atoms. The van der Waals surface area contributed by atoms with Gasteiger partial charge in [-0.05, 0) is 40.6 Å². The highest BCUT2D eigenvalue weighted by Crippen LogP contribution is 2.31. The van der Waals surface area contributed by atoms with Crippen LogP contribution in [0.1, 0.15) is 19.3 Å². The van der Waals surface area contributed by atoms with Gasteiger partial charge in [-0.15, -0.1) is 10.2 Å². The zero-order valence-electron chi connectivity index (χ0n) is 8.32. The first-order chi connectivity index (χ1) is 7.29. The zero-order valence-corrected chi connectivity index (χ0v) is 10.7. The summed E-state index contributed by atoms with van der Waals surface area (Å²) in [5, 5.41) is 21.2. The second-order valence-corrected chi connectivity index (χ2v) is 6.13. The van der Waals surface area contributed by atoms with Crippen molar-refractivity contribution >= 4 is 32.4 Å². The number of hydrogen-bond acceptors (Lipinski definition) is 5. The van der Waals surface area contributed by atoms with Crippen LogP contribution in [0.4, 0.5) is 5.13 Å². The molecular weight excluding hydrogens is 278 g/mol. The van der Waals surface area contributed by atoms with Crippen LogP contribution in [0, 0.1) is 11.8 Å². The van der Waals surface area contributed by atoms with Gasteiger partial charge in [0, 0.05) is 13.2 Å². The van der Waals surface area contributed by atoms with E-state index in [2.05, 4.69) is 31.4 Å². The summed E-state index contributed by atoms with van der Waals surface area (Å²) in [6, 6.07) is 0. The number of nitrogens with one attached hydrogen (secondary N) is 1. The van der Waals surface area contributed by atoms with E-state index in [0.29, 0.717) is 18.4 Å². The number of rotatable bonds is 4. The molecule has 2 rings (SSSR count). The van der Waals surface area contributed by atoms with E-state index in [-0.39, 0.29) is 0 Å². The molecule has 6 heteroatoms. The van der Waals surface area contributed by atoms with Crippen LogP contribution < -0.4 is 5.32 Å². The standard InChI is InChI=1S/C9H14BrN3OS/c10-8-12-13-9(15-8)11-4-6-2-1-3-7(6)5-14/h6-7,14H,1-5H2,(H,11,13). The largest absolute Gasteiger partial charge is 0.396 e. The Morgan fingerprint density at radius 2 is 2.20 bits per heavy atom. The van der Waals surface area contributed by atoms with Gasteiger partial charge in [-0.25, -0.2) is 0 Å². The first-order valence-electron chi connectivity index (χ1n) is 5.13. The summed E-state index contributed by atoms with van der Waals surface area (Å²) in [4.78, 5) is 0. The van der Waals surface area contributed by atoms with Gasteiger partial charge < -0.3 is 10.4 Å². The molecule has 4 nitrogen and oxygen atoms in total. The van der Waals surface area contributed by atoms with Crippen molar-refractivity contribution in [1.82, 2.24) is 10.2 Å². The zero-order chi connectivity index (χ0) is 10.7. The van der Waals surface area contributed by atoms with Crippen LogP contribution >= 0.6 is 27.3 Å². The van der Waals surface area contributed by atoms with Crippen LogP contribution in [0.2, 0.25) is 0 Å². The molecule has 0 amide bonds. The quantitative estimate of drug-likeness (QED) is 0.892. The Kier molecular flexibility index (Phi) is 3.93. The van der Waals surface area contributed by atoms with Crippen molar-refractivity contribution in [3.8, 4) is 0 Å². The Labute approximate surface area is 101 Å². The van der Waals surface area contributed by atoms with Gasteiger partial charge in [0.25, 0.3) is 0 Å². The maximum Gasteiger partial charge on any atom is 0.206 e. The molecule has 2 unspecified atom stereocenters. The Balaban J connectivity index is 1.82. The van der Waals surface area contributed by atoms with Crippen LogP contribution in [0.25, 0.3) is 0 Å². The lowest BCUT2D eigenvalue weighted by Crippen LogP contribution is -2.20. The summed E-state index contributed by atoms with van der Waals surface area (Å²) in [5.41, 5.74) is 0. The first kappa shape index (κ1) is 11.3. The summed E-state index contributed by atoms with van der Waals surface area (Å²) < 4.78 is 0.801. The molecule has 0 saturated heterocycles. The lowest BCUT2D eigenvalue weighted by atomic mass is 9.97. The van der Waals surface area contributed by atoms with E-state index >= 15 is 0 Å². The second kappa shape index (κ2) is 5.23. The maximum atomic E-state index is 9.18. The number of aliphatic hydroxyl groups is 1. The lowest BCUT2D eigenvalue weighted by Gasteiger charge is -2.16. The smallest absolute Gasteiger partial charge is 0.206 e. The summed E-state index contributed by atoms with van der Waals surface area (Å²) in [6.45, 7) is 1.21.